The van der Waals surface area contributed by atoms with E-state index in [1.165, 1.54) is 25.1 Å². The zero-order valence-electron chi connectivity index (χ0n) is 14.6. The van der Waals surface area contributed by atoms with Crippen LogP contribution in [0.1, 0.15) is 35.7 Å². The van der Waals surface area contributed by atoms with Crippen molar-refractivity contribution in [3.63, 3.8) is 0 Å². The van der Waals surface area contributed by atoms with Crippen LogP contribution >= 0.6 is 0 Å². The Balaban J connectivity index is 1.87. The van der Waals surface area contributed by atoms with Crippen LogP contribution in [0.5, 0.6) is 5.75 Å². The number of hydrogen-bond acceptors (Lipinski definition) is 5. The fourth-order valence-corrected chi connectivity index (χ4v) is 3.82. The van der Waals surface area contributed by atoms with Gasteiger partial charge in [0.2, 0.25) is 5.91 Å². The first-order valence-corrected chi connectivity index (χ1v) is 9.65. The number of carbonyl (C=O) groups is 2. The molecule has 0 radical (unpaired) electrons. The van der Waals surface area contributed by atoms with Gasteiger partial charge in [0.25, 0.3) is 0 Å². The van der Waals surface area contributed by atoms with Gasteiger partial charge in [-0.2, -0.15) is 8.42 Å². The fourth-order valence-electron chi connectivity index (χ4n) is 2.87. The molecule has 2 aromatic rings. The number of carbonyl (C=O) groups excluding carboxylic acids is 2. The highest BCUT2D eigenvalue weighted by Gasteiger charge is 2.24. The molecule has 2 aromatic carbocycles. The first-order chi connectivity index (χ1) is 12.3. The van der Waals surface area contributed by atoms with Crippen LogP contribution in [-0.2, 0) is 14.9 Å². The average molecular weight is 373 g/mol. The summed E-state index contributed by atoms with van der Waals surface area (Å²) in [5.74, 6) is -0.244. The average Bonchev–Trinajstić information content (AvgIpc) is 3.02. The number of nitrogens with zero attached hydrogens (tertiary/aromatic N) is 1. The molecule has 0 atom stereocenters. The molecule has 0 bridgehead atoms. The van der Waals surface area contributed by atoms with Gasteiger partial charge in [0.15, 0.2) is 11.5 Å². The van der Waals surface area contributed by atoms with Crippen molar-refractivity contribution in [2.45, 2.75) is 31.6 Å². The minimum absolute atomic E-state index is 0.00176. The van der Waals surface area contributed by atoms with Gasteiger partial charge in [-0.15, -0.1) is 0 Å². The van der Waals surface area contributed by atoms with Gasteiger partial charge in [-0.1, -0.05) is 11.6 Å². The standard InChI is InChI=1S/C19H19NO5S/c1-13-5-10-18(17(12-13)14(2)21)25-26(23,24)16-8-6-15(7-9-16)20-11-3-4-19(20)22/h5-10,12H,3-4,11H2,1-2H3. The van der Waals surface area contributed by atoms with E-state index in [1.807, 2.05) is 6.92 Å². The Morgan fingerprint density at radius 3 is 2.38 bits per heavy atom. The monoisotopic (exact) mass is 373 g/mol. The zero-order valence-corrected chi connectivity index (χ0v) is 15.4. The van der Waals surface area contributed by atoms with Crippen molar-refractivity contribution in [2.75, 3.05) is 11.4 Å². The molecule has 1 saturated heterocycles. The van der Waals surface area contributed by atoms with Crippen molar-refractivity contribution in [2.24, 2.45) is 0 Å². The Kier molecular flexibility index (Phi) is 4.82. The zero-order chi connectivity index (χ0) is 18.9. The highest BCUT2D eigenvalue weighted by Crippen LogP contribution is 2.27. The summed E-state index contributed by atoms with van der Waals surface area (Å²) in [6, 6.07) is 10.7. The van der Waals surface area contributed by atoms with Crippen molar-refractivity contribution in [1.82, 2.24) is 0 Å². The molecule has 0 unspecified atom stereocenters. The van der Waals surface area contributed by atoms with Gasteiger partial charge >= 0.3 is 10.1 Å². The molecule has 0 spiro atoms. The molecule has 0 N–H and O–H groups in total. The van der Waals surface area contributed by atoms with Crippen LogP contribution in [0.3, 0.4) is 0 Å². The van der Waals surface area contributed by atoms with Gasteiger partial charge < -0.3 is 9.08 Å². The minimum Gasteiger partial charge on any atom is -0.378 e. The molecular weight excluding hydrogens is 354 g/mol. The first-order valence-electron chi connectivity index (χ1n) is 8.24. The van der Waals surface area contributed by atoms with Crippen LogP contribution < -0.4 is 9.08 Å². The summed E-state index contributed by atoms with van der Waals surface area (Å²) in [4.78, 5) is 25.1. The number of Topliss-reactive ketones (excluding diaryl/α,β-unsaturated/α-hetero) is 1. The van der Waals surface area contributed by atoms with Crippen LogP contribution in [0.4, 0.5) is 5.69 Å². The molecule has 0 aromatic heterocycles. The maximum absolute atomic E-state index is 12.5. The predicted octanol–water partition coefficient (Wildman–Crippen LogP) is 3.09. The number of benzene rings is 2. The third-order valence-corrected chi connectivity index (χ3v) is 5.47. The number of amides is 1. The number of aryl methyl sites for hydroxylation is 1. The van der Waals surface area contributed by atoms with Gasteiger partial charge in [-0.05, 0) is 56.7 Å². The Labute approximate surface area is 152 Å². The van der Waals surface area contributed by atoms with Crippen LogP contribution in [0.15, 0.2) is 47.4 Å². The van der Waals surface area contributed by atoms with Gasteiger partial charge in [-0.3, -0.25) is 9.59 Å². The van der Waals surface area contributed by atoms with Gasteiger partial charge in [0, 0.05) is 18.7 Å². The molecule has 1 amide bonds. The molecular formula is C19H19NO5S. The van der Waals surface area contributed by atoms with E-state index in [0.29, 0.717) is 18.7 Å². The van der Waals surface area contributed by atoms with Crippen LogP contribution in [-0.4, -0.2) is 26.7 Å². The molecule has 26 heavy (non-hydrogen) atoms. The Hall–Kier alpha value is -2.67. The molecule has 136 valence electrons. The van der Waals surface area contributed by atoms with E-state index in [4.69, 9.17) is 4.18 Å². The second-order valence-electron chi connectivity index (χ2n) is 6.24. The number of anilines is 1. The maximum Gasteiger partial charge on any atom is 0.339 e. The van der Waals surface area contributed by atoms with E-state index in [9.17, 15) is 18.0 Å². The number of hydrogen-bond donors (Lipinski definition) is 0. The first kappa shape index (κ1) is 18.1. The smallest absolute Gasteiger partial charge is 0.339 e. The van der Waals surface area contributed by atoms with E-state index in [1.54, 1.807) is 29.2 Å². The van der Waals surface area contributed by atoms with Gasteiger partial charge in [0.05, 0.1) is 5.56 Å². The van der Waals surface area contributed by atoms with E-state index in [-0.39, 0.29) is 27.9 Å². The molecule has 7 heteroatoms. The Morgan fingerprint density at radius 2 is 1.81 bits per heavy atom. The van der Waals surface area contributed by atoms with Gasteiger partial charge in [0.1, 0.15) is 4.90 Å². The number of ketones is 1. The highest BCUT2D eigenvalue weighted by atomic mass is 32.2. The quantitative estimate of drug-likeness (QED) is 0.594. The third kappa shape index (κ3) is 3.62. The lowest BCUT2D eigenvalue weighted by molar-refractivity contribution is -0.117. The lowest BCUT2D eigenvalue weighted by atomic mass is 10.1. The summed E-state index contributed by atoms with van der Waals surface area (Å²) in [6.07, 6.45) is 1.30. The lowest BCUT2D eigenvalue weighted by Gasteiger charge is -2.16. The molecule has 6 nitrogen and oxygen atoms in total. The molecule has 0 aliphatic carbocycles. The second kappa shape index (κ2) is 6.92. The van der Waals surface area contributed by atoms with E-state index in [2.05, 4.69) is 0 Å². The van der Waals surface area contributed by atoms with Gasteiger partial charge in [-0.25, -0.2) is 0 Å². The predicted molar refractivity (Wildman–Crippen MR) is 97.0 cm³/mol. The van der Waals surface area contributed by atoms with E-state index < -0.39 is 10.1 Å². The third-order valence-electron chi connectivity index (χ3n) is 4.22. The Bertz CT molecular complexity index is 964. The van der Waals surface area contributed by atoms with Crippen molar-refractivity contribution in [3.8, 4) is 5.75 Å². The van der Waals surface area contributed by atoms with Crippen molar-refractivity contribution in [1.29, 1.82) is 0 Å². The topological polar surface area (TPSA) is 80.8 Å². The molecule has 1 fully saturated rings. The van der Waals surface area contributed by atoms with Crippen LogP contribution in [0.2, 0.25) is 0 Å². The molecule has 1 aliphatic heterocycles. The summed E-state index contributed by atoms with van der Waals surface area (Å²) in [6.45, 7) is 3.80. The molecule has 3 rings (SSSR count). The normalized spacial score (nSPS) is 14.5. The fraction of sp³-hybridized carbons (Fsp3) is 0.263. The molecule has 1 aliphatic rings. The van der Waals surface area contributed by atoms with Crippen molar-refractivity contribution in [3.05, 3.63) is 53.6 Å². The molecule has 1 heterocycles. The SMILES string of the molecule is CC(=O)c1cc(C)ccc1OS(=O)(=O)c1ccc(N2CCCC2=O)cc1. The summed E-state index contributed by atoms with van der Waals surface area (Å²) in [5, 5.41) is 0. The van der Waals surface area contributed by atoms with E-state index in [0.717, 1.165) is 12.0 Å². The van der Waals surface area contributed by atoms with E-state index >= 15 is 0 Å². The number of rotatable bonds is 5. The lowest BCUT2D eigenvalue weighted by Crippen LogP contribution is -2.23. The molecule has 0 saturated carbocycles. The second-order valence-corrected chi connectivity index (χ2v) is 7.78. The summed E-state index contributed by atoms with van der Waals surface area (Å²) in [5.41, 5.74) is 1.71. The van der Waals surface area contributed by atoms with Crippen LogP contribution in [0.25, 0.3) is 0 Å². The minimum atomic E-state index is -4.09. The Morgan fingerprint density at radius 1 is 1.12 bits per heavy atom. The maximum atomic E-state index is 12.5. The summed E-state index contributed by atoms with van der Waals surface area (Å²) >= 11 is 0. The largest absolute Gasteiger partial charge is 0.378 e. The van der Waals surface area contributed by atoms with Crippen LogP contribution in [0, 0.1) is 6.92 Å². The summed E-state index contributed by atoms with van der Waals surface area (Å²) in [7, 11) is -4.09. The van der Waals surface area contributed by atoms with Crippen molar-refractivity contribution >= 4 is 27.5 Å². The summed E-state index contributed by atoms with van der Waals surface area (Å²) < 4.78 is 30.3. The highest BCUT2D eigenvalue weighted by molar-refractivity contribution is 7.87. The van der Waals surface area contributed by atoms with Crippen molar-refractivity contribution < 1.29 is 22.2 Å².